The van der Waals surface area contributed by atoms with Gasteiger partial charge in [-0.3, -0.25) is 19.2 Å². The van der Waals surface area contributed by atoms with Gasteiger partial charge in [0.05, 0.1) is 36.3 Å². The van der Waals surface area contributed by atoms with Crippen LogP contribution in [-0.4, -0.2) is 82.6 Å². The van der Waals surface area contributed by atoms with E-state index in [4.69, 9.17) is 4.98 Å². The number of fused-ring (bicyclic) bond motifs is 1. The summed E-state index contributed by atoms with van der Waals surface area (Å²) in [5.41, 5.74) is 2.89. The molecule has 1 saturated heterocycles. The van der Waals surface area contributed by atoms with Crippen molar-refractivity contribution in [2.24, 2.45) is 0 Å². The Morgan fingerprint density at radius 3 is 2.59 bits per heavy atom. The number of halogens is 2. The number of nitrogens with one attached hydrogen (secondary N) is 1. The molecule has 2 aliphatic heterocycles. The monoisotopic (exact) mass is 472 g/mol. The van der Waals surface area contributed by atoms with Gasteiger partial charge in [0.2, 0.25) is 0 Å². The van der Waals surface area contributed by atoms with Crippen LogP contribution in [-0.2, 0) is 6.42 Å². The van der Waals surface area contributed by atoms with Crippen LogP contribution in [0, 0.1) is 0 Å². The zero-order valence-corrected chi connectivity index (χ0v) is 20.2. The second kappa shape index (κ2) is 10.3. The lowest BCUT2D eigenvalue weighted by molar-refractivity contribution is 0.0664. The topological polar surface area (TPSA) is 71.9 Å². The van der Waals surface area contributed by atoms with Crippen LogP contribution < -0.4 is 10.8 Å². The highest BCUT2D eigenvalue weighted by Crippen LogP contribution is 2.38. The van der Waals surface area contributed by atoms with Gasteiger partial charge in [-0.2, -0.15) is 0 Å². The van der Waals surface area contributed by atoms with Gasteiger partial charge in [0.25, 0.3) is 0 Å². The summed E-state index contributed by atoms with van der Waals surface area (Å²) in [7, 11) is -1.52. The van der Waals surface area contributed by atoms with Gasteiger partial charge in [0, 0.05) is 32.2 Å². The molecular weight excluding hydrogens is 437 g/mol. The minimum Gasteiger partial charge on any atom is -0.423 e. The fourth-order valence-corrected chi connectivity index (χ4v) is 5.12. The summed E-state index contributed by atoms with van der Waals surface area (Å²) in [6, 6.07) is 9.62. The second-order valence-electron chi connectivity index (χ2n) is 10.3. The standard InChI is InChI=1S/C25H35BF2N4O2/c1-17-11-18-12-19(26(33)34)5-7-22(18)24(32(17)16-25(2,3)28)23-8-6-20(13-29-23)30-21-14-31(15-21)10-4-9-27/h5-8,12-13,17,21,24,30,33-34H,4,9-11,14-16H2,1-3H3/t17-,24+/m1/s1. The SMILES string of the molecule is C[C@@H]1Cc2cc(B(O)O)ccc2[C@@H](c2ccc(NC3CN(CCCF)C3)cn2)N1CC(C)(C)F. The Balaban J connectivity index is 1.56. The molecule has 34 heavy (non-hydrogen) atoms. The molecule has 1 aromatic carbocycles. The average Bonchev–Trinajstić information content (AvgIpc) is 2.75. The number of hydrogen-bond acceptors (Lipinski definition) is 6. The number of benzene rings is 1. The largest absolute Gasteiger partial charge is 0.488 e. The fourth-order valence-electron chi connectivity index (χ4n) is 5.12. The van der Waals surface area contributed by atoms with Gasteiger partial charge in [0.1, 0.15) is 5.67 Å². The molecule has 184 valence electrons. The first-order valence-electron chi connectivity index (χ1n) is 12.1. The number of hydrogen-bond donors (Lipinski definition) is 3. The van der Waals surface area contributed by atoms with E-state index in [1.54, 1.807) is 19.9 Å². The molecule has 0 aliphatic carbocycles. The van der Waals surface area contributed by atoms with Gasteiger partial charge >= 0.3 is 7.12 Å². The Bertz CT molecular complexity index is 964. The molecular formula is C25H35BF2N4O2. The van der Waals surface area contributed by atoms with E-state index in [2.05, 4.69) is 22.0 Å². The van der Waals surface area contributed by atoms with Crippen LogP contribution in [0.2, 0.25) is 0 Å². The van der Waals surface area contributed by atoms with Crippen LogP contribution >= 0.6 is 0 Å². The van der Waals surface area contributed by atoms with Crippen LogP contribution in [0.25, 0.3) is 0 Å². The number of aromatic nitrogens is 1. The Morgan fingerprint density at radius 1 is 1.21 bits per heavy atom. The maximum atomic E-state index is 14.8. The molecule has 6 nitrogen and oxygen atoms in total. The normalized spacial score (nSPS) is 21.7. The molecule has 1 fully saturated rings. The average molecular weight is 472 g/mol. The lowest BCUT2D eigenvalue weighted by atomic mass is 9.76. The second-order valence-corrected chi connectivity index (χ2v) is 10.3. The van der Waals surface area contributed by atoms with E-state index in [1.807, 2.05) is 30.5 Å². The molecule has 2 aromatic rings. The number of anilines is 1. The summed E-state index contributed by atoms with van der Waals surface area (Å²) in [5.74, 6) is 0. The highest BCUT2D eigenvalue weighted by molar-refractivity contribution is 6.58. The zero-order valence-electron chi connectivity index (χ0n) is 20.2. The first-order chi connectivity index (χ1) is 16.1. The van der Waals surface area contributed by atoms with Gasteiger partial charge in [0.15, 0.2) is 0 Å². The predicted molar refractivity (Wildman–Crippen MR) is 132 cm³/mol. The molecule has 0 unspecified atom stereocenters. The van der Waals surface area contributed by atoms with Crippen molar-refractivity contribution in [3.63, 3.8) is 0 Å². The van der Waals surface area contributed by atoms with Crippen LogP contribution in [0.1, 0.15) is 50.1 Å². The van der Waals surface area contributed by atoms with Crippen LogP contribution in [0.15, 0.2) is 36.5 Å². The lowest BCUT2D eigenvalue weighted by Crippen LogP contribution is -2.54. The number of rotatable bonds is 9. The third-order valence-electron chi connectivity index (χ3n) is 6.73. The summed E-state index contributed by atoms with van der Waals surface area (Å²) in [6.07, 6.45) is 3.10. The molecule has 0 spiro atoms. The first-order valence-corrected chi connectivity index (χ1v) is 12.1. The van der Waals surface area contributed by atoms with E-state index < -0.39 is 12.8 Å². The van der Waals surface area contributed by atoms with Crippen molar-refractivity contribution in [3.8, 4) is 0 Å². The minimum atomic E-state index is -1.52. The molecule has 3 N–H and O–H groups in total. The van der Waals surface area contributed by atoms with E-state index in [1.165, 1.54) is 0 Å². The molecule has 2 atom stereocenters. The minimum absolute atomic E-state index is 0.0588. The van der Waals surface area contributed by atoms with Crippen molar-refractivity contribution in [2.75, 3.05) is 38.2 Å². The molecule has 4 rings (SSSR count). The zero-order chi connectivity index (χ0) is 24.5. The van der Waals surface area contributed by atoms with Crippen molar-refractivity contribution in [1.82, 2.24) is 14.8 Å². The Hall–Kier alpha value is -2.07. The Labute approximate surface area is 201 Å². The van der Waals surface area contributed by atoms with Crippen molar-refractivity contribution in [3.05, 3.63) is 53.3 Å². The summed E-state index contributed by atoms with van der Waals surface area (Å²) in [5, 5.41) is 22.7. The maximum absolute atomic E-state index is 14.8. The van der Waals surface area contributed by atoms with Crippen LogP contribution in [0.5, 0.6) is 0 Å². The molecule has 1 aromatic heterocycles. The highest BCUT2D eigenvalue weighted by atomic mass is 19.1. The molecule has 9 heteroatoms. The Morgan fingerprint density at radius 2 is 1.97 bits per heavy atom. The molecule has 2 aliphatic rings. The van der Waals surface area contributed by atoms with Gasteiger partial charge in [-0.15, -0.1) is 0 Å². The smallest absolute Gasteiger partial charge is 0.423 e. The molecule has 0 amide bonds. The summed E-state index contributed by atoms with van der Waals surface area (Å²) < 4.78 is 27.1. The first kappa shape index (κ1) is 25.0. The Kier molecular flexibility index (Phi) is 7.57. The van der Waals surface area contributed by atoms with E-state index in [-0.39, 0.29) is 25.3 Å². The molecule has 0 radical (unpaired) electrons. The van der Waals surface area contributed by atoms with E-state index in [0.717, 1.165) is 42.1 Å². The number of alkyl halides is 2. The number of likely N-dealkylation sites (tertiary alicyclic amines) is 1. The molecule has 3 heterocycles. The van der Waals surface area contributed by atoms with Gasteiger partial charge < -0.3 is 15.4 Å². The van der Waals surface area contributed by atoms with Gasteiger partial charge in [-0.25, -0.2) is 4.39 Å². The lowest BCUT2D eigenvalue weighted by Gasteiger charge is -2.43. The van der Waals surface area contributed by atoms with Gasteiger partial charge in [-0.05, 0) is 62.3 Å². The maximum Gasteiger partial charge on any atom is 0.488 e. The summed E-state index contributed by atoms with van der Waals surface area (Å²) in [4.78, 5) is 9.15. The fraction of sp³-hybridized carbons (Fsp3) is 0.560. The predicted octanol–water partition coefficient (Wildman–Crippen LogP) is 2.30. The molecule has 0 bridgehead atoms. The van der Waals surface area contributed by atoms with E-state index in [0.29, 0.717) is 24.3 Å². The van der Waals surface area contributed by atoms with E-state index >= 15 is 0 Å². The third-order valence-corrected chi connectivity index (χ3v) is 6.73. The van der Waals surface area contributed by atoms with Crippen LogP contribution in [0.4, 0.5) is 14.5 Å². The molecule has 0 saturated carbocycles. The summed E-state index contributed by atoms with van der Waals surface area (Å²) >= 11 is 0. The number of nitrogens with zero attached hydrogens (tertiary/aromatic N) is 3. The summed E-state index contributed by atoms with van der Waals surface area (Å²) in [6.45, 7) is 7.83. The van der Waals surface area contributed by atoms with Gasteiger partial charge in [-0.1, -0.05) is 18.2 Å². The van der Waals surface area contributed by atoms with Crippen molar-refractivity contribution in [2.45, 2.75) is 57.4 Å². The van der Waals surface area contributed by atoms with Crippen molar-refractivity contribution in [1.29, 1.82) is 0 Å². The highest BCUT2D eigenvalue weighted by Gasteiger charge is 2.37. The van der Waals surface area contributed by atoms with Crippen LogP contribution in [0.3, 0.4) is 0 Å². The third kappa shape index (κ3) is 5.76. The van der Waals surface area contributed by atoms with Crippen molar-refractivity contribution >= 4 is 18.3 Å². The van der Waals surface area contributed by atoms with Crippen molar-refractivity contribution < 1.29 is 18.8 Å². The quantitative estimate of drug-likeness (QED) is 0.487. The van der Waals surface area contributed by atoms with E-state index in [9.17, 15) is 18.8 Å². The number of pyridine rings is 1.